The number of hydrogen-bond donors (Lipinski definition) is 3. The van der Waals surface area contributed by atoms with Gasteiger partial charge in [-0.2, -0.15) is 0 Å². The van der Waals surface area contributed by atoms with Gasteiger partial charge in [0, 0.05) is 5.92 Å². The summed E-state index contributed by atoms with van der Waals surface area (Å²) in [4.78, 5) is 12.9. The molecule has 1 unspecified atom stereocenters. The van der Waals surface area contributed by atoms with Crippen molar-refractivity contribution < 1.29 is 20.1 Å². The summed E-state index contributed by atoms with van der Waals surface area (Å²) < 4.78 is 0. The molecule has 0 spiro atoms. The first-order valence-corrected chi connectivity index (χ1v) is 13.2. The molecule has 4 aliphatic carbocycles. The third-order valence-corrected chi connectivity index (χ3v) is 11.5. The molecule has 0 aromatic heterocycles. The van der Waals surface area contributed by atoms with E-state index < -0.39 is 23.6 Å². The Hall–Kier alpha value is -0.610. The third kappa shape index (κ3) is 3.02. The fourth-order valence-corrected chi connectivity index (χ4v) is 10.2. The summed E-state index contributed by atoms with van der Waals surface area (Å²) in [7, 11) is 0. The first-order chi connectivity index (χ1) is 14.6. The number of carboxylic acids is 1. The van der Waals surface area contributed by atoms with E-state index in [1.807, 2.05) is 6.92 Å². The van der Waals surface area contributed by atoms with Crippen LogP contribution in [0.2, 0.25) is 0 Å². The van der Waals surface area contributed by atoms with Crippen molar-refractivity contribution in [1.82, 2.24) is 0 Å². The second-order valence-electron chi connectivity index (χ2n) is 12.4. The first-order valence-electron chi connectivity index (χ1n) is 13.2. The SMILES string of the molecule is CCC[C@@H](C)[C@H]1CC[C@H]2[C@@H]3[C@H](O)[C@H](CC)C4(C(=O)O)C[C@H](O)CC[C@]4(C)[C@H]3CC[C@]12C. The molecule has 0 bridgehead atoms. The molecule has 0 amide bonds. The van der Waals surface area contributed by atoms with Gasteiger partial charge in [0.2, 0.25) is 0 Å². The predicted molar refractivity (Wildman–Crippen MR) is 122 cm³/mol. The van der Waals surface area contributed by atoms with Gasteiger partial charge in [-0.3, -0.25) is 4.79 Å². The molecule has 4 heteroatoms. The summed E-state index contributed by atoms with van der Waals surface area (Å²) in [5, 5.41) is 33.0. The van der Waals surface area contributed by atoms with Crippen LogP contribution in [0.15, 0.2) is 0 Å². The van der Waals surface area contributed by atoms with E-state index in [0.29, 0.717) is 25.2 Å². The van der Waals surface area contributed by atoms with E-state index in [9.17, 15) is 20.1 Å². The maximum atomic E-state index is 12.9. The molecular formula is C27H46O4. The van der Waals surface area contributed by atoms with Crippen LogP contribution in [0.4, 0.5) is 0 Å². The van der Waals surface area contributed by atoms with Gasteiger partial charge in [0.05, 0.1) is 17.6 Å². The number of aliphatic hydroxyl groups is 2. The molecule has 178 valence electrons. The van der Waals surface area contributed by atoms with Crippen molar-refractivity contribution in [2.75, 3.05) is 0 Å². The second kappa shape index (κ2) is 8.01. The van der Waals surface area contributed by atoms with Crippen molar-refractivity contribution in [3.63, 3.8) is 0 Å². The average Bonchev–Trinajstić information content (AvgIpc) is 3.06. The van der Waals surface area contributed by atoms with Crippen LogP contribution >= 0.6 is 0 Å². The molecule has 0 aliphatic heterocycles. The number of hydrogen-bond acceptors (Lipinski definition) is 3. The van der Waals surface area contributed by atoms with Gasteiger partial charge < -0.3 is 15.3 Å². The van der Waals surface area contributed by atoms with Crippen LogP contribution in [0.25, 0.3) is 0 Å². The highest BCUT2D eigenvalue weighted by atomic mass is 16.4. The van der Waals surface area contributed by atoms with Gasteiger partial charge in [-0.1, -0.05) is 47.5 Å². The normalized spacial score (nSPS) is 52.7. The van der Waals surface area contributed by atoms with E-state index in [-0.39, 0.29) is 28.6 Å². The maximum absolute atomic E-state index is 12.9. The molecule has 4 aliphatic rings. The summed E-state index contributed by atoms with van der Waals surface area (Å²) >= 11 is 0. The third-order valence-electron chi connectivity index (χ3n) is 11.5. The van der Waals surface area contributed by atoms with Crippen LogP contribution in [0.3, 0.4) is 0 Å². The fourth-order valence-electron chi connectivity index (χ4n) is 10.2. The lowest BCUT2D eigenvalue weighted by atomic mass is 9.36. The van der Waals surface area contributed by atoms with E-state index in [0.717, 1.165) is 31.1 Å². The summed E-state index contributed by atoms with van der Waals surface area (Å²) in [5.41, 5.74) is -1.10. The van der Waals surface area contributed by atoms with Gasteiger partial charge in [-0.05, 0) is 91.8 Å². The van der Waals surface area contributed by atoms with Crippen molar-refractivity contribution >= 4 is 5.97 Å². The fraction of sp³-hybridized carbons (Fsp3) is 0.963. The monoisotopic (exact) mass is 434 g/mol. The summed E-state index contributed by atoms with van der Waals surface area (Å²) in [6.45, 7) is 11.5. The minimum Gasteiger partial charge on any atom is -0.481 e. The van der Waals surface area contributed by atoms with Gasteiger partial charge in [-0.25, -0.2) is 0 Å². The Kier molecular flexibility index (Phi) is 6.08. The van der Waals surface area contributed by atoms with E-state index in [1.54, 1.807) is 0 Å². The molecule has 31 heavy (non-hydrogen) atoms. The minimum absolute atomic E-state index is 0.204. The molecule has 0 heterocycles. The number of carboxylic acid groups (broad SMARTS) is 1. The van der Waals surface area contributed by atoms with Crippen LogP contribution in [0, 0.1) is 51.8 Å². The molecule has 4 saturated carbocycles. The van der Waals surface area contributed by atoms with E-state index in [1.165, 1.54) is 25.7 Å². The molecular weight excluding hydrogens is 388 g/mol. The molecule has 0 aromatic rings. The lowest BCUT2D eigenvalue weighted by Crippen LogP contribution is -2.69. The summed E-state index contributed by atoms with van der Waals surface area (Å²) in [6, 6.07) is 0. The van der Waals surface area contributed by atoms with E-state index in [2.05, 4.69) is 27.7 Å². The average molecular weight is 435 g/mol. The number of carbonyl (C=O) groups is 1. The molecule has 11 atom stereocenters. The van der Waals surface area contributed by atoms with Crippen LogP contribution < -0.4 is 0 Å². The van der Waals surface area contributed by atoms with Crippen LogP contribution in [-0.4, -0.2) is 33.5 Å². The Balaban J connectivity index is 1.76. The zero-order valence-electron chi connectivity index (χ0n) is 20.4. The number of aliphatic hydroxyl groups excluding tert-OH is 2. The maximum Gasteiger partial charge on any atom is 0.310 e. The molecule has 4 nitrogen and oxygen atoms in total. The molecule has 0 saturated heterocycles. The minimum atomic E-state index is -1.01. The Morgan fingerprint density at radius 3 is 2.35 bits per heavy atom. The summed E-state index contributed by atoms with van der Waals surface area (Å²) in [5.74, 6) is 1.32. The van der Waals surface area contributed by atoms with Gasteiger partial charge in [0.25, 0.3) is 0 Å². The molecule has 4 rings (SSSR count). The topological polar surface area (TPSA) is 77.8 Å². The Morgan fingerprint density at radius 1 is 1.03 bits per heavy atom. The van der Waals surface area contributed by atoms with Crippen molar-refractivity contribution in [2.45, 2.75) is 111 Å². The van der Waals surface area contributed by atoms with E-state index >= 15 is 0 Å². The van der Waals surface area contributed by atoms with Gasteiger partial charge in [0.15, 0.2) is 0 Å². The largest absolute Gasteiger partial charge is 0.481 e. The lowest BCUT2D eigenvalue weighted by Gasteiger charge is -2.68. The Bertz CT molecular complexity index is 693. The van der Waals surface area contributed by atoms with E-state index in [4.69, 9.17) is 0 Å². The molecule has 0 radical (unpaired) electrons. The zero-order chi connectivity index (χ0) is 22.8. The molecule has 3 N–H and O–H groups in total. The highest BCUT2D eigenvalue weighted by Crippen LogP contribution is 2.73. The highest BCUT2D eigenvalue weighted by molar-refractivity contribution is 5.77. The highest BCUT2D eigenvalue weighted by Gasteiger charge is 2.72. The second-order valence-corrected chi connectivity index (χ2v) is 12.4. The smallest absolute Gasteiger partial charge is 0.310 e. The Morgan fingerprint density at radius 2 is 1.74 bits per heavy atom. The number of rotatable bonds is 5. The number of aliphatic carboxylic acids is 1. The predicted octanol–water partition coefficient (Wildman–Crippen LogP) is 5.50. The zero-order valence-corrected chi connectivity index (χ0v) is 20.4. The van der Waals surface area contributed by atoms with Crippen molar-refractivity contribution in [3.05, 3.63) is 0 Å². The molecule has 0 aromatic carbocycles. The van der Waals surface area contributed by atoms with Gasteiger partial charge in [0.1, 0.15) is 0 Å². The van der Waals surface area contributed by atoms with Crippen molar-refractivity contribution in [3.8, 4) is 0 Å². The van der Waals surface area contributed by atoms with Crippen molar-refractivity contribution in [1.29, 1.82) is 0 Å². The van der Waals surface area contributed by atoms with Crippen LogP contribution in [-0.2, 0) is 4.79 Å². The molecule has 4 fully saturated rings. The quantitative estimate of drug-likeness (QED) is 0.533. The van der Waals surface area contributed by atoms with Crippen LogP contribution in [0.1, 0.15) is 98.8 Å². The first kappa shape index (κ1) is 23.5. The van der Waals surface area contributed by atoms with Gasteiger partial charge >= 0.3 is 5.97 Å². The van der Waals surface area contributed by atoms with Crippen molar-refractivity contribution in [2.24, 2.45) is 51.8 Å². The lowest BCUT2D eigenvalue weighted by molar-refractivity contribution is -0.252. The Labute approximate surface area is 189 Å². The summed E-state index contributed by atoms with van der Waals surface area (Å²) in [6.07, 6.45) is 8.42. The van der Waals surface area contributed by atoms with Crippen LogP contribution in [0.5, 0.6) is 0 Å². The van der Waals surface area contributed by atoms with Gasteiger partial charge in [-0.15, -0.1) is 0 Å². The number of fused-ring (bicyclic) bond motifs is 5. The standard InChI is InChI=1S/C27H46O4/c1-6-8-16(3)19-9-10-20-22-21(12-13-25(19,20)4)26(5)14-11-17(28)15-27(26,24(30)31)18(7-2)23(22)29/h16-23,28-29H,6-15H2,1-5H3,(H,30,31)/t16-,17-,18+,19-,20+,21+,22+,23-,25-,26-,27?/m1/s1.